The molecule has 2 amide bonds. The highest BCUT2D eigenvalue weighted by atomic mass is 16.6. The van der Waals surface area contributed by atoms with Gasteiger partial charge in [-0.2, -0.15) is 0 Å². The van der Waals surface area contributed by atoms with E-state index < -0.39 is 29.8 Å². The van der Waals surface area contributed by atoms with Gasteiger partial charge in [-0.15, -0.1) is 0 Å². The predicted octanol–water partition coefficient (Wildman–Crippen LogP) is 0.594. The van der Waals surface area contributed by atoms with Crippen LogP contribution in [0, 0.1) is 5.92 Å². The van der Waals surface area contributed by atoms with Gasteiger partial charge in [0.15, 0.2) is 0 Å². The molecule has 2 N–H and O–H groups in total. The fourth-order valence-corrected chi connectivity index (χ4v) is 2.00. The number of amides is 2. The number of esters is 1. The third kappa shape index (κ3) is 6.85. The van der Waals surface area contributed by atoms with E-state index in [0.29, 0.717) is 13.2 Å². The summed E-state index contributed by atoms with van der Waals surface area (Å²) in [6, 6.07) is -1.03. The zero-order chi connectivity index (χ0) is 17.6. The van der Waals surface area contributed by atoms with Gasteiger partial charge in [0.05, 0.1) is 13.7 Å². The highest BCUT2D eigenvalue weighted by molar-refractivity contribution is 5.85. The van der Waals surface area contributed by atoms with E-state index in [4.69, 9.17) is 9.47 Å². The maximum Gasteiger partial charge on any atom is 0.408 e. The molecule has 0 aromatic rings. The molecule has 1 rings (SSSR count). The number of carbonyl (C=O) groups is 3. The number of nitrogens with one attached hydrogen (secondary N) is 2. The molecule has 1 aliphatic heterocycles. The molecule has 0 aromatic heterocycles. The Balaban J connectivity index is 2.72. The molecular formula is C15H26N2O6. The van der Waals surface area contributed by atoms with E-state index in [-0.39, 0.29) is 18.2 Å². The van der Waals surface area contributed by atoms with Crippen LogP contribution < -0.4 is 10.6 Å². The molecule has 8 heteroatoms. The van der Waals surface area contributed by atoms with Crippen LogP contribution in [-0.4, -0.2) is 56.0 Å². The van der Waals surface area contributed by atoms with Crippen molar-refractivity contribution in [2.75, 3.05) is 20.3 Å². The number of hydrogen-bond donors (Lipinski definition) is 2. The van der Waals surface area contributed by atoms with Crippen molar-refractivity contribution < 1.29 is 28.6 Å². The van der Waals surface area contributed by atoms with Crippen LogP contribution in [0.25, 0.3) is 0 Å². The lowest BCUT2D eigenvalue weighted by atomic mass is 10.1. The molecule has 0 saturated carbocycles. The Morgan fingerprint density at radius 2 is 2.09 bits per heavy atom. The first-order chi connectivity index (χ1) is 10.6. The van der Waals surface area contributed by atoms with Crippen LogP contribution in [0.3, 0.4) is 0 Å². The molecular weight excluding hydrogens is 304 g/mol. The summed E-state index contributed by atoms with van der Waals surface area (Å²) in [5.74, 6) is -0.793. The number of methoxy groups -OCH3 is 1. The van der Waals surface area contributed by atoms with Crippen molar-refractivity contribution in [1.29, 1.82) is 0 Å². The number of ether oxygens (including phenoxy) is 3. The highest BCUT2D eigenvalue weighted by Gasteiger charge is 2.32. The number of hydrogen-bond acceptors (Lipinski definition) is 6. The van der Waals surface area contributed by atoms with E-state index in [0.717, 1.165) is 0 Å². The number of rotatable bonds is 4. The molecule has 0 spiro atoms. The van der Waals surface area contributed by atoms with Crippen LogP contribution in [0.4, 0.5) is 4.79 Å². The summed E-state index contributed by atoms with van der Waals surface area (Å²) in [6.07, 6.45) is -1.61. The van der Waals surface area contributed by atoms with Gasteiger partial charge in [0, 0.05) is 13.0 Å². The van der Waals surface area contributed by atoms with Gasteiger partial charge < -0.3 is 24.8 Å². The molecule has 1 saturated heterocycles. The zero-order valence-corrected chi connectivity index (χ0v) is 14.3. The Morgan fingerprint density at radius 3 is 2.65 bits per heavy atom. The summed E-state index contributed by atoms with van der Waals surface area (Å²) in [4.78, 5) is 35.7. The molecule has 1 aliphatic rings. The third-order valence-electron chi connectivity index (χ3n) is 3.13. The van der Waals surface area contributed by atoms with E-state index in [9.17, 15) is 14.4 Å². The molecule has 0 bridgehead atoms. The minimum absolute atomic E-state index is 0.0233. The quantitative estimate of drug-likeness (QED) is 0.732. The molecule has 132 valence electrons. The van der Waals surface area contributed by atoms with E-state index >= 15 is 0 Å². The molecule has 1 fully saturated rings. The van der Waals surface area contributed by atoms with Crippen molar-refractivity contribution in [3.8, 4) is 0 Å². The van der Waals surface area contributed by atoms with Crippen LogP contribution in [0.1, 0.15) is 34.1 Å². The van der Waals surface area contributed by atoms with Crippen molar-refractivity contribution in [3.05, 3.63) is 0 Å². The van der Waals surface area contributed by atoms with Crippen LogP contribution in [0.5, 0.6) is 0 Å². The first-order valence-electron chi connectivity index (χ1n) is 7.59. The number of alkyl carbamates (subject to hydrolysis) is 1. The summed E-state index contributed by atoms with van der Waals surface area (Å²) in [7, 11) is 1.21. The van der Waals surface area contributed by atoms with E-state index in [1.165, 1.54) is 7.11 Å². The third-order valence-corrected chi connectivity index (χ3v) is 3.13. The van der Waals surface area contributed by atoms with Gasteiger partial charge >= 0.3 is 12.1 Å². The Kier molecular flexibility index (Phi) is 6.80. The Hall–Kier alpha value is -1.83. The van der Waals surface area contributed by atoms with E-state index in [2.05, 4.69) is 15.4 Å². The minimum atomic E-state index is -1.03. The molecule has 23 heavy (non-hydrogen) atoms. The largest absolute Gasteiger partial charge is 0.467 e. The smallest absolute Gasteiger partial charge is 0.408 e. The topological polar surface area (TPSA) is 103 Å². The molecule has 1 unspecified atom stereocenters. The van der Waals surface area contributed by atoms with Crippen molar-refractivity contribution in [3.63, 3.8) is 0 Å². The first-order valence-corrected chi connectivity index (χ1v) is 7.59. The highest BCUT2D eigenvalue weighted by Crippen LogP contribution is 2.12. The van der Waals surface area contributed by atoms with Crippen molar-refractivity contribution in [2.45, 2.75) is 51.9 Å². The summed E-state index contributed by atoms with van der Waals surface area (Å²) in [6.45, 7) is 7.98. The molecule has 8 nitrogen and oxygen atoms in total. The van der Waals surface area contributed by atoms with Gasteiger partial charge in [-0.1, -0.05) is 6.92 Å². The van der Waals surface area contributed by atoms with Gasteiger partial charge in [0.1, 0.15) is 17.7 Å². The first kappa shape index (κ1) is 19.2. The van der Waals surface area contributed by atoms with Crippen LogP contribution in [-0.2, 0) is 23.8 Å². The van der Waals surface area contributed by atoms with Crippen LogP contribution in [0.2, 0.25) is 0 Å². The number of carbonyl (C=O) groups excluding carboxylic acids is 3. The van der Waals surface area contributed by atoms with Crippen LogP contribution >= 0.6 is 0 Å². The summed E-state index contributed by atoms with van der Waals surface area (Å²) < 4.78 is 15.3. The van der Waals surface area contributed by atoms with Gasteiger partial charge in [-0.3, -0.25) is 4.79 Å². The Labute approximate surface area is 136 Å². The maximum absolute atomic E-state index is 12.0. The van der Waals surface area contributed by atoms with E-state index in [1.807, 2.05) is 6.92 Å². The average Bonchev–Trinajstić information content (AvgIpc) is 2.59. The standard InChI is InChI=1S/C15H26N2O6/c1-9-7-16-12(18)11(22-8-9)6-10(13(19)21-5)17-14(20)23-15(2,3)4/h9-11H,6-8H2,1-5H3,(H,16,18)(H,17,20)/t9?,10-,11-/m0/s1. The monoisotopic (exact) mass is 330 g/mol. The molecule has 1 heterocycles. The van der Waals surface area contributed by atoms with Gasteiger partial charge in [-0.25, -0.2) is 9.59 Å². The Morgan fingerprint density at radius 1 is 1.43 bits per heavy atom. The second-order valence-corrected chi connectivity index (χ2v) is 6.63. The normalized spacial score (nSPS) is 23.3. The fourth-order valence-electron chi connectivity index (χ4n) is 2.00. The van der Waals surface area contributed by atoms with Crippen LogP contribution in [0.15, 0.2) is 0 Å². The van der Waals surface area contributed by atoms with Gasteiger partial charge in [0.2, 0.25) is 5.91 Å². The summed E-state index contributed by atoms with van der Waals surface area (Å²) >= 11 is 0. The van der Waals surface area contributed by atoms with Gasteiger partial charge in [0.25, 0.3) is 0 Å². The second-order valence-electron chi connectivity index (χ2n) is 6.63. The van der Waals surface area contributed by atoms with Crippen molar-refractivity contribution >= 4 is 18.0 Å². The summed E-state index contributed by atoms with van der Waals surface area (Å²) in [5, 5.41) is 5.17. The Bertz CT molecular complexity index is 446. The van der Waals surface area contributed by atoms with E-state index in [1.54, 1.807) is 20.8 Å². The maximum atomic E-state index is 12.0. The lowest BCUT2D eigenvalue weighted by Crippen LogP contribution is -2.48. The predicted molar refractivity (Wildman–Crippen MR) is 81.7 cm³/mol. The summed E-state index contributed by atoms with van der Waals surface area (Å²) in [5.41, 5.74) is -0.698. The average molecular weight is 330 g/mol. The lowest BCUT2D eigenvalue weighted by Gasteiger charge is -2.24. The van der Waals surface area contributed by atoms with Gasteiger partial charge in [-0.05, 0) is 26.7 Å². The van der Waals surface area contributed by atoms with Crippen molar-refractivity contribution in [1.82, 2.24) is 10.6 Å². The zero-order valence-electron chi connectivity index (χ0n) is 14.3. The molecule has 3 atom stereocenters. The fraction of sp³-hybridized carbons (Fsp3) is 0.800. The second kappa shape index (κ2) is 8.14. The molecule has 0 radical (unpaired) electrons. The SMILES string of the molecule is COC(=O)[C@H](C[C@@H]1OCC(C)CNC1=O)NC(=O)OC(C)(C)C. The van der Waals surface area contributed by atoms with Crippen molar-refractivity contribution in [2.24, 2.45) is 5.92 Å². The molecule has 0 aliphatic carbocycles. The minimum Gasteiger partial charge on any atom is -0.467 e. The lowest BCUT2D eigenvalue weighted by molar-refractivity contribution is -0.145. The molecule has 0 aromatic carbocycles.